The zero-order valence-corrected chi connectivity index (χ0v) is 13.0. The maximum Gasteiger partial charge on any atom is 0.186 e. The smallest absolute Gasteiger partial charge is 0.186 e. The molecule has 23 heavy (non-hydrogen) atoms. The fourth-order valence-electron chi connectivity index (χ4n) is 3.32. The van der Waals surface area contributed by atoms with Crippen LogP contribution in [0, 0.1) is 5.92 Å². The molecular formula is C14H24O9. The quantitative estimate of drug-likeness (QED) is 0.443. The number of aliphatic hydroxyl groups excluding tert-OH is 4. The van der Waals surface area contributed by atoms with Crippen LogP contribution < -0.4 is 0 Å². The third-order valence-electron chi connectivity index (χ3n) is 4.82. The average molecular weight is 336 g/mol. The largest absolute Gasteiger partial charge is 0.394 e. The molecule has 0 spiro atoms. The molecule has 3 saturated heterocycles. The molecule has 3 rings (SSSR count). The summed E-state index contributed by atoms with van der Waals surface area (Å²) in [5.41, 5.74) is 0. The summed E-state index contributed by atoms with van der Waals surface area (Å²) in [5, 5.41) is 39.7. The Morgan fingerprint density at radius 3 is 2.43 bits per heavy atom. The first-order chi connectivity index (χ1) is 11.0. The van der Waals surface area contributed by atoms with E-state index in [1.165, 1.54) is 7.11 Å². The number of hydrogen-bond acceptors (Lipinski definition) is 9. The highest BCUT2D eigenvalue weighted by molar-refractivity contribution is 4.97. The van der Waals surface area contributed by atoms with Gasteiger partial charge in [-0.1, -0.05) is 6.92 Å². The standard InChI is InChI=1S/C14H24O9/c1-5-8(16)6(3-15)21-14(9(5)17)23-11-7-4-20-12(11)10(18)13(19-2)22-7/h5-18H,3-4H2,1-2H3/t5-,6?,7?,8+,9-,10?,11-,12-,13-,14?/m0/s1. The summed E-state index contributed by atoms with van der Waals surface area (Å²) in [5.74, 6) is -0.536. The fourth-order valence-corrected chi connectivity index (χ4v) is 3.32. The van der Waals surface area contributed by atoms with Crippen molar-refractivity contribution in [2.45, 2.75) is 62.2 Å². The average Bonchev–Trinajstić information content (AvgIpc) is 2.86. The molecule has 10 atom stereocenters. The molecule has 0 aromatic rings. The van der Waals surface area contributed by atoms with Crippen molar-refractivity contribution < 1.29 is 44.1 Å². The van der Waals surface area contributed by atoms with E-state index >= 15 is 0 Å². The minimum absolute atomic E-state index is 0.233. The molecule has 4 unspecified atom stereocenters. The van der Waals surface area contributed by atoms with E-state index < -0.39 is 67.8 Å². The number of ether oxygens (including phenoxy) is 5. The highest BCUT2D eigenvalue weighted by Gasteiger charge is 2.54. The van der Waals surface area contributed by atoms with E-state index in [2.05, 4.69) is 0 Å². The van der Waals surface area contributed by atoms with Gasteiger partial charge < -0.3 is 44.1 Å². The molecule has 0 aliphatic carbocycles. The van der Waals surface area contributed by atoms with Crippen LogP contribution in [0.5, 0.6) is 0 Å². The van der Waals surface area contributed by atoms with Crippen LogP contribution in [0.3, 0.4) is 0 Å². The van der Waals surface area contributed by atoms with Crippen molar-refractivity contribution in [3.63, 3.8) is 0 Å². The number of aliphatic hydroxyl groups is 4. The van der Waals surface area contributed by atoms with Gasteiger partial charge in [-0.15, -0.1) is 0 Å². The molecule has 134 valence electrons. The Morgan fingerprint density at radius 2 is 1.78 bits per heavy atom. The molecule has 9 nitrogen and oxygen atoms in total. The summed E-state index contributed by atoms with van der Waals surface area (Å²) in [6.07, 6.45) is -7.56. The Morgan fingerprint density at radius 1 is 1.04 bits per heavy atom. The molecule has 3 heterocycles. The highest BCUT2D eigenvalue weighted by atomic mass is 16.8. The van der Waals surface area contributed by atoms with Crippen molar-refractivity contribution >= 4 is 0 Å². The van der Waals surface area contributed by atoms with Crippen LogP contribution in [0.4, 0.5) is 0 Å². The van der Waals surface area contributed by atoms with Gasteiger partial charge in [0.05, 0.1) is 19.3 Å². The third-order valence-corrected chi connectivity index (χ3v) is 4.82. The van der Waals surface area contributed by atoms with Crippen molar-refractivity contribution in [1.82, 2.24) is 0 Å². The minimum atomic E-state index is -1.08. The van der Waals surface area contributed by atoms with E-state index in [-0.39, 0.29) is 6.61 Å². The van der Waals surface area contributed by atoms with Gasteiger partial charge in [-0.3, -0.25) is 0 Å². The maximum absolute atomic E-state index is 10.2. The second-order valence-corrected chi connectivity index (χ2v) is 6.23. The van der Waals surface area contributed by atoms with Crippen LogP contribution in [0.15, 0.2) is 0 Å². The van der Waals surface area contributed by atoms with E-state index in [4.69, 9.17) is 23.7 Å². The monoisotopic (exact) mass is 336 g/mol. The molecule has 0 aromatic carbocycles. The summed E-state index contributed by atoms with van der Waals surface area (Å²) in [6.45, 7) is 1.49. The SMILES string of the molecule is CO[C@H]1OC2CO[C@@H](C1O)[C@H]2OC1OC(CO)[C@H](O)[C@H](C)[C@@H]1O. The zero-order chi connectivity index (χ0) is 16.7. The van der Waals surface area contributed by atoms with Gasteiger partial charge in [-0.05, 0) is 0 Å². The normalized spacial score (nSPS) is 53.5. The van der Waals surface area contributed by atoms with Gasteiger partial charge in [0, 0.05) is 13.0 Å². The molecular weight excluding hydrogens is 312 g/mol. The van der Waals surface area contributed by atoms with Crippen LogP contribution >= 0.6 is 0 Å². The van der Waals surface area contributed by atoms with E-state index in [1.807, 2.05) is 0 Å². The summed E-state index contributed by atoms with van der Waals surface area (Å²) in [7, 11) is 1.43. The fraction of sp³-hybridized carbons (Fsp3) is 1.00. The van der Waals surface area contributed by atoms with Crippen LogP contribution in [0.1, 0.15) is 6.92 Å². The molecule has 3 aliphatic rings. The highest BCUT2D eigenvalue weighted by Crippen LogP contribution is 2.35. The van der Waals surface area contributed by atoms with Gasteiger partial charge in [0.15, 0.2) is 12.6 Å². The van der Waals surface area contributed by atoms with Crippen LogP contribution in [0.2, 0.25) is 0 Å². The van der Waals surface area contributed by atoms with Crippen molar-refractivity contribution in [1.29, 1.82) is 0 Å². The maximum atomic E-state index is 10.2. The molecule has 0 radical (unpaired) electrons. The molecule has 2 bridgehead atoms. The van der Waals surface area contributed by atoms with Crippen molar-refractivity contribution in [3.8, 4) is 0 Å². The van der Waals surface area contributed by atoms with Gasteiger partial charge in [-0.2, -0.15) is 0 Å². The Kier molecular flexibility index (Phi) is 5.21. The van der Waals surface area contributed by atoms with Crippen LogP contribution in [0.25, 0.3) is 0 Å². The second kappa shape index (κ2) is 6.87. The van der Waals surface area contributed by atoms with Crippen molar-refractivity contribution in [2.24, 2.45) is 5.92 Å². The molecule has 0 amide bonds. The van der Waals surface area contributed by atoms with E-state index in [0.29, 0.717) is 0 Å². The lowest BCUT2D eigenvalue weighted by Crippen LogP contribution is -2.60. The molecule has 0 aromatic heterocycles. The summed E-state index contributed by atoms with van der Waals surface area (Å²) < 4.78 is 27.4. The summed E-state index contributed by atoms with van der Waals surface area (Å²) in [4.78, 5) is 0. The molecule has 9 heteroatoms. The van der Waals surface area contributed by atoms with E-state index in [9.17, 15) is 20.4 Å². The van der Waals surface area contributed by atoms with Gasteiger partial charge in [0.2, 0.25) is 0 Å². The summed E-state index contributed by atoms with van der Waals surface area (Å²) >= 11 is 0. The van der Waals surface area contributed by atoms with Gasteiger partial charge in [0.25, 0.3) is 0 Å². The number of rotatable bonds is 4. The first kappa shape index (κ1) is 17.5. The lowest BCUT2D eigenvalue weighted by molar-refractivity contribution is -0.331. The molecule has 4 N–H and O–H groups in total. The third kappa shape index (κ3) is 3.01. The van der Waals surface area contributed by atoms with Gasteiger partial charge in [-0.25, -0.2) is 0 Å². The number of fused-ring (bicyclic) bond motifs is 2. The number of methoxy groups -OCH3 is 1. The van der Waals surface area contributed by atoms with Crippen molar-refractivity contribution in [3.05, 3.63) is 0 Å². The van der Waals surface area contributed by atoms with Crippen LogP contribution in [-0.2, 0) is 23.7 Å². The first-order valence-electron chi connectivity index (χ1n) is 7.73. The zero-order valence-electron chi connectivity index (χ0n) is 13.0. The van der Waals surface area contributed by atoms with Gasteiger partial charge >= 0.3 is 0 Å². The lowest BCUT2D eigenvalue weighted by atomic mass is 9.90. The Bertz CT molecular complexity index is 406. The Balaban J connectivity index is 1.69. The number of hydrogen-bond donors (Lipinski definition) is 4. The molecule has 0 saturated carbocycles. The lowest BCUT2D eigenvalue weighted by Gasteiger charge is -2.44. The second-order valence-electron chi connectivity index (χ2n) is 6.23. The minimum Gasteiger partial charge on any atom is -0.394 e. The molecule has 3 aliphatic heterocycles. The van der Waals surface area contributed by atoms with Crippen LogP contribution in [-0.4, -0.2) is 96.1 Å². The predicted molar refractivity (Wildman–Crippen MR) is 73.2 cm³/mol. The topological polar surface area (TPSA) is 127 Å². The Hall–Kier alpha value is -0.360. The van der Waals surface area contributed by atoms with E-state index in [0.717, 1.165) is 0 Å². The first-order valence-corrected chi connectivity index (χ1v) is 7.73. The predicted octanol–water partition coefficient (Wildman–Crippen LogP) is -2.42. The molecule has 3 fully saturated rings. The van der Waals surface area contributed by atoms with Crippen molar-refractivity contribution in [2.75, 3.05) is 20.3 Å². The summed E-state index contributed by atoms with van der Waals surface area (Å²) in [6, 6.07) is 0. The van der Waals surface area contributed by atoms with E-state index in [1.54, 1.807) is 6.92 Å². The Labute approximate surface area is 133 Å². The van der Waals surface area contributed by atoms with Gasteiger partial charge in [0.1, 0.15) is 36.6 Å².